The molecule has 3 rings (SSSR count). The van der Waals surface area contributed by atoms with Crippen LogP contribution >= 0.6 is 24.8 Å². The van der Waals surface area contributed by atoms with Crippen LogP contribution in [0.3, 0.4) is 0 Å². The number of hydrogen-bond acceptors (Lipinski definition) is 4. The van der Waals surface area contributed by atoms with Crippen molar-refractivity contribution in [3.63, 3.8) is 0 Å². The Morgan fingerprint density at radius 1 is 1.18 bits per heavy atom. The van der Waals surface area contributed by atoms with Crippen LogP contribution in [0.4, 0.5) is 0 Å². The lowest BCUT2D eigenvalue weighted by molar-refractivity contribution is 0.143. The summed E-state index contributed by atoms with van der Waals surface area (Å²) in [4.78, 5) is 2.41. The molecule has 2 saturated heterocycles. The quantitative estimate of drug-likeness (QED) is 0.798. The third-order valence-corrected chi connectivity index (χ3v) is 5.50. The molecule has 3 fully saturated rings. The number of nitrogens with zero attached hydrogens (tertiary/aromatic N) is 1. The number of piperazine rings is 1. The lowest BCUT2D eigenvalue weighted by Crippen LogP contribution is -2.57. The van der Waals surface area contributed by atoms with Gasteiger partial charge in [0.25, 0.3) is 0 Å². The zero-order valence-corrected chi connectivity index (χ0v) is 12.1. The van der Waals surface area contributed by atoms with E-state index in [4.69, 9.17) is 0 Å². The van der Waals surface area contributed by atoms with Gasteiger partial charge in [-0.3, -0.25) is 4.90 Å². The molecule has 0 aromatic heterocycles. The van der Waals surface area contributed by atoms with Crippen LogP contribution in [0, 0.1) is 5.92 Å². The Hall–Kier alpha value is 0.450. The molecule has 2 aliphatic heterocycles. The van der Waals surface area contributed by atoms with Crippen LogP contribution in [0.5, 0.6) is 0 Å². The van der Waals surface area contributed by atoms with E-state index in [2.05, 4.69) is 10.2 Å². The van der Waals surface area contributed by atoms with E-state index in [0.717, 1.165) is 25.6 Å². The predicted octanol–water partition coefficient (Wildman–Crippen LogP) is 0.311. The fourth-order valence-electron chi connectivity index (χ4n) is 2.80. The Labute approximate surface area is 115 Å². The van der Waals surface area contributed by atoms with E-state index in [1.54, 1.807) is 0 Å². The third kappa shape index (κ3) is 3.47. The molecule has 1 N–H and O–H groups in total. The molecule has 1 saturated carbocycles. The number of hydrogen-bond donors (Lipinski definition) is 1. The standard InChI is InChI=1S/C10H18N2O2S.2ClH/c13-15(14)6-9-10(7-15)12(4-3-11-9)5-8-1-2-8;;/h8-11H,1-7H2;2*1H/t9-,10+;;/m0../s1. The van der Waals surface area contributed by atoms with Gasteiger partial charge in [-0.05, 0) is 18.8 Å². The van der Waals surface area contributed by atoms with Crippen molar-refractivity contribution >= 4 is 34.7 Å². The normalized spacial score (nSPS) is 35.5. The van der Waals surface area contributed by atoms with E-state index in [9.17, 15) is 8.42 Å². The maximum absolute atomic E-state index is 11.6. The predicted molar refractivity (Wildman–Crippen MR) is 73.0 cm³/mol. The lowest BCUT2D eigenvalue weighted by Gasteiger charge is -2.37. The second-order valence-corrected chi connectivity index (χ2v) is 7.30. The van der Waals surface area contributed by atoms with Gasteiger partial charge in [0.05, 0.1) is 11.5 Å². The second kappa shape index (κ2) is 5.61. The van der Waals surface area contributed by atoms with Crippen LogP contribution in [0.1, 0.15) is 12.8 Å². The van der Waals surface area contributed by atoms with Gasteiger partial charge in [-0.1, -0.05) is 0 Å². The molecule has 102 valence electrons. The summed E-state index contributed by atoms with van der Waals surface area (Å²) in [5, 5.41) is 3.34. The minimum Gasteiger partial charge on any atom is -0.310 e. The smallest absolute Gasteiger partial charge is 0.153 e. The number of nitrogens with one attached hydrogen (secondary N) is 1. The number of fused-ring (bicyclic) bond motifs is 1. The van der Waals surface area contributed by atoms with Gasteiger partial charge in [0, 0.05) is 31.7 Å². The van der Waals surface area contributed by atoms with Crippen molar-refractivity contribution in [2.24, 2.45) is 5.92 Å². The summed E-state index contributed by atoms with van der Waals surface area (Å²) in [5.74, 6) is 1.57. The van der Waals surface area contributed by atoms with Crippen LogP contribution in [0.25, 0.3) is 0 Å². The van der Waals surface area contributed by atoms with Gasteiger partial charge in [-0.25, -0.2) is 8.42 Å². The van der Waals surface area contributed by atoms with E-state index in [1.807, 2.05) is 0 Å². The van der Waals surface area contributed by atoms with Gasteiger partial charge < -0.3 is 5.32 Å². The lowest BCUT2D eigenvalue weighted by atomic mass is 10.1. The highest BCUT2D eigenvalue weighted by Crippen LogP contribution is 2.32. The van der Waals surface area contributed by atoms with Crippen LogP contribution in [-0.2, 0) is 9.84 Å². The van der Waals surface area contributed by atoms with Gasteiger partial charge in [-0.2, -0.15) is 0 Å². The summed E-state index contributed by atoms with van der Waals surface area (Å²) in [6, 6.07) is 0.451. The molecule has 2 heterocycles. The van der Waals surface area contributed by atoms with E-state index >= 15 is 0 Å². The third-order valence-electron chi connectivity index (χ3n) is 3.79. The van der Waals surface area contributed by atoms with E-state index in [1.165, 1.54) is 12.8 Å². The highest BCUT2D eigenvalue weighted by Gasteiger charge is 2.43. The topological polar surface area (TPSA) is 49.4 Å². The van der Waals surface area contributed by atoms with Crippen LogP contribution in [0.15, 0.2) is 0 Å². The van der Waals surface area contributed by atoms with Crippen molar-refractivity contribution in [2.75, 3.05) is 31.1 Å². The van der Waals surface area contributed by atoms with Crippen LogP contribution in [-0.4, -0.2) is 56.5 Å². The first-order valence-electron chi connectivity index (χ1n) is 5.82. The molecule has 2 atom stereocenters. The van der Waals surface area contributed by atoms with Crippen molar-refractivity contribution in [3.8, 4) is 0 Å². The Kier molecular flexibility index (Phi) is 5.12. The molecule has 4 nitrogen and oxygen atoms in total. The largest absolute Gasteiger partial charge is 0.310 e. The Morgan fingerprint density at radius 3 is 2.53 bits per heavy atom. The molecule has 0 aromatic carbocycles. The summed E-state index contributed by atoms with van der Waals surface area (Å²) in [5.41, 5.74) is 0. The van der Waals surface area contributed by atoms with Crippen molar-refractivity contribution in [1.29, 1.82) is 0 Å². The maximum Gasteiger partial charge on any atom is 0.153 e. The summed E-state index contributed by atoms with van der Waals surface area (Å²) in [6.07, 6.45) is 2.68. The molecule has 0 spiro atoms. The van der Waals surface area contributed by atoms with Gasteiger partial charge in [-0.15, -0.1) is 24.8 Å². The van der Waals surface area contributed by atoms with E-state index in [0.29, 0.717) is 11.5 Å². The van der Waals surface area contributed by atoms with E-state index < -0.39 is 9.84 Å². The van der Waals surface area contributed by atoms with Gasteiger partial charge in [0.1, 0.15) is 0 Å². The van der Waals surface area contributed by atoms with Crippen molar-refractivity contribution < 1.29 is 8.42 Å². The van der Waals surface area contributed by atoms with Crippen molar-refractivity contribution in [1.82, 2.24) is 10.2 Å². The first kappa shape index (κ1) is 15.5. The minimum absolute atomic E-state index is 0. The molecule has 17 heavy (non-hydrogen) atoms. The van der Waals surface area contributed by atoms with Gasteiger partial charge in [0.2, 0.25) is 0 Å². The van der Waals surface area contributed by atoms with E-state index in [-0.39, 0.29) is 36.9 Å². The van der Waals surface area contributed by atoms with Crippen LogP contribution in [0.2, 0.25) is 0 Å². The first-order valence-corrected chi connectivity index (χ1v) is 7.64. The average Bonchev–Trinajstić information content (AvgIpc) is 2.88. The Bertz CT molecular complexity index is 359. The molecule has 7 heteroatoms. The molecular weight excluding hydrogens is 283 g/mol. The van der Waals surface area contributed by atoms with Crippen molar-refractivity contribution in [3.05, 3.63) is 0 Å². The highest BCUT2D eigenvalue weighted by atomic mass is 35.5. The average molecular weight is 303 g/mol. The van der Waals surface area contributed by atoms with Crippen molar-refractivity contribution in [2.45, 2.75) is 24.9 Å². The van der Waals surface area contributed by atoms with Crippen LogP contribution < -0.4 is 5.32 Å². The SMILES string of the molecule is Cl.Cl.O=S1(=O)C[C@@H]2NCCN(CC3CC3)[C@@H]2C1. The zero-order chi connectivity index (χ0) is 10.5. The summed E-state index contributed by atoms with van der Waals surface area (Å²) in [6.45, 7) is 3.09. The zero-order valence-electron chi connectivity index (χ0n) is 9.67. The summed E-state index contributed by atoms with van der Waals surface area (Å²) < 4.78 is 23.2. The fourth-order valence-corrected chi connectivity index (χ4v) is 4.79. The molecule has 0 unspecified atom stereocenters. The minimum atomic E-state index is -2.78. The maximum atomic E-state index is 11.6. The molecular formula is C10H20Cl2N2O2S. The Balaban J connectivity index is 0.000000722. The number of halogens is 2. The molecule has 0 amide bonds. The molecule has 3 aliphatic rings. The molecule has 0 bridgehead atoms. The fraction of sp³-hybridized carbons (Fsp3) is 1.00. The summed E-state index contributed by atoms with van der Waals surface area (Å²) in [7, 11) is -2.78. The molecule has 0 aromatic rings. The van der Waals surface area contributed by atoms with Gasteiger partial charge >= 0.3 is 0 Å². The summed E-state index contributed by atoms with van der Waals surface area (Å²) >= 11 is 0. The monoisotopic (exact) mass is 302 g/mol. The second-order valence-electron chi connectivity index (χ2n) is 5.14. The molecule has 0 radical (unpaired) electrons. The highest BCUT2D eigenvalue weighted by molar-refractivity contribution is 7.91. The first-order chi connectivity index (χ1) is 7.14. The van der Waals surface area contributed by atoms with Gasteiger partial charge in [0.15, 0.2) is 9.84 Å². The molecule has 1 aliphatic carbocycles. The Morgan fingerprint density at radius 2 is 1.88 bits per heavy atom. The number of sulfone groups is 1. The number of rotatable bonds is 2.